The van der Waals surface area contributed by atoms with Gasteiger partial charge in [0.1, 0.15) is 5.75 Å². The van der Waals surface area contributed by atoms with Crippen LogP contribution in [0, 0.1) is 23.2 Å². The Labute approximate surface area is 172 Å². The first-order valence-electron chi connectivity index (χ1n) is 9.59. The second-order valence-electron chi connectivity index (χ2n) is 7.76. The lowest BCUT2D eigenvalue weighted by Crippen LogP contribution is -2.27. The Balaban J connectivity index is 1.53. The average molecular weight is 415 g/mol. The zero-order chi connectivity index (χ0) is 21.0. The number of nitrogens with zero attached hydrogens (tertiary/aromatic N) is 2. The van der Waals surface area contributed by atoms with Gasteiger partial charge in [-0.2, -0.15) is 5.26 Å². The highest BCUT2D eigenvalue weighted by Gasteiger charge is 2.31. The number of hydrogen-bond donors (Lipinski definition) is 1. The van der Waals surface area contributed by atoms with E-state index in [0.717, 1.165) is 18.7 Å². The van der Waals surface area contributed by atoms with Crippen LogP contribution in [0.25, 0.3) is 0 Å². The monoisotopic (exact) mass is 414 g/mol. The van der Waals surface area contributed by atoms with E-state index < -0.39 is 15.9 Å². The zero-order valence-corrected chi connectivity index (χ0v) is 17.5. The summed E-state index contributed by atoms with van der Waals surface area (Å²) in [6, 6.07) is 15.7. The van der Waals surface area contributed by atoms with Gasteiger partial charge in [0.05, 0.1) is 29.2 Å². The first-order chi connectivity index (χ1) is 13.8. The smallest absolute Gasteiger partial charge is 0.175 e. The van der Waals surface area contributed by atoms with E-state index in [1.54, 1.807) is 42.5 Å². The molecular formula is C22H26N2O4S. The highest BCUT2D eigenvalue weighted by Crippen LogP contribution is 2.27. The summed E-state index contributed by atoms with van der Waals surface area (Å²) in [5.74, 6) is 1.39. The van der Waals surface area contributed by atoms with Crippen LogP contribution >= 0.6 is 0 Å². The van der Waals surface area contributed by atoms with Crippen LogP contribution in [0.5, 0.6) is 5.75 Å². The molecule has 2 aromatic carbocycles. The summed E-state index contributed by atoms with van der Waals surface area (Å²) >= 11 is 0. The molecule has 3 unspecified atom stereocenters. The third kappa shape index (κ3) is 5.57. The molecule has 1 aliphatic rings. The molecule has 0 amide bonds. The number of benzene rings is 2. The number of ether oxygens (including phenoxy) is 1. The number of likely N-dealkylation sites (tertiary alicyclic amines) is 1. The molecule has 154 valence electrons. The van der Waals surface area contributed by atoms with Crippen LogP contribution in [0.4, 0.5) is 0 Å². The molecule has 3 rings (SSSR count). The van der Waals surface area contributed by atoms with Crippen LogP contribution < -0.4 is 4.74 Å². The van der Waals surface area contributed by atoms with Crippen molar-refractivity contribution in [2.45, 2.75) is 17.9 Å². The number of sulfone groups is 1. The average Bonchev–Trinajstić information content (AvgIpc) is 3.05. The van der Waals surface area contributed by atoms with Crippen molar-refractivity contribution in [1.29, 1.82) is 5.26 Å². The van der Waals surface area contributed by atoms with Gasteiger partial charge in [-0.25, -0.2) is 8.42 Å². The summed E-state index contributed by atoms with van der Waals surface area (Å²) in [6.07, 6.45) is 0.543. The maximum absolute atomic E-state index is 11.5. The van der Waals surface area contributed by atoms with E-state index in [0.29, 0.717) is 36.3 Å². The summed E-state index contributed by atoms with van der Waals surface area (Å²) in [4.78, 5) is 2.49. The first-order valence-corrected chi connectivity index (χ1v) is 11.5. The van der Waals surface area contributed by atoms with Crippen molar-refractivity contribution >= 4 is 9.84 Å². The van der Waals surface area contributed by atoms with Gasteiger partial charge in [0.25, 0.3) is 0 Å². The van der Waals surface area contributed by atoms with E-state index in [1.807, 2.05) is 6.07 Å². The molecule has 0 aliphatic carbocycles. The second kappa shape index (κ2) is 8.95. The molecule has 0 radical (unpaired) electrons. The Morgan fingerprint density at radius 1 is 1.24 bits per heavy atom. The van der Waals surface area contributed by atoms with Gasteiger partial charge in [0.2, 0.25) is 0 Å². The predicted molar refractivity (Wildman–Crippen MR) is 110 cm³/mol. The van der Waals surface area contributed by atoms with E-state index in [9.17, 15) is 13.5 Å². The van der Waals surface area contributed by atoms with Crippen LogP contribution in [0.1, 0.15) is 24.2 Å². The summed E-state index contributed by atoms with van der Waals surface area (Å²) in [5, 5.41) is 19.6. The normalized spacial score (nSPS) is 20.9. The summed E-state index contributed by atoms with van der Waals surface area (Å²) in [7, 11) is -3.21. The molecule has 7 heteroatoms. The van der Waals surface area contributed by atoms with Gasteiger partial charge in [0, 0.05) is 31.8 Å². The van der Waals surface area contributed by atoms with Crippen LogP contribution in [0.3, 0.4) is 0 Å². The third-order valence-corrected chi connectivity index (χ3v) is 6.52. The lowest BCUT2D eigenvalue weighted by Gasteiger charge is -2.20. The maximum atomic E-state index is 11.5. The molecule has 1 heterocycles. The van der Waals surface area contributed by atoms with Crippen LogP contribution in [0.15, 0.2) is 53.4 Å². The van der Waals surface area contributed by atoms with Gasteiger partial charge in [-0.3, -0.25) is 4.90 Å². The molecule has 0 saturated carbocycles. The molecule has 29 heavy (non-hydrogen) atoms. The minimum atomic E-state index is -3.21. The van der Waals surface area contributed by atoms with Crippen molar-refractivity contribution in [2.75, 3.05) is 32.5 Å². The van der Waals surface area contributed by atoms with Crippen molar-refractivity contribution in [3.8, 4) is 11.8 Å². The molecule has 0 spiro atoms. The highest BCUT2D eigenvalue weighted by molar-refractivity contribution is 7.90. The van der Waals surface area contributed by atoms with Gasteiger partial charge in [-0.05, 0) is 47.9 Å². The maximum Gasteiger partial charge on any atom is 0.175 e. The fourth-order valence-corrected chi connectivity index (χ4v) is 4.29. The zero-order valence-electron chi connectivity index (χ0n) is 16.7. The number of aliphatic hydroxyl groups excluding tert-OH is 1. The van der Waals surface area contributed by atoms with Crippen molar-refractivity contribution in [1.82, 2.24) is 4.90 Å². The molecule has 1 fully saturated rings. The molecule has 0 bridgehead atoms. The topological polar surface area (TPSA) is 90.6 Å². The summed E-state index contributed by atoms with van der Waals surface area (Å²) in [6.45, 7) is 4.91. The van der Waals surface area contributed by atoms with Crippen molar-refractivity contribution < 1.29 is 18.3 Å². The lowest BCUT2D eigenvalue weighted by molar-refractivity contribution is 0.121. The Morgan fingerprint density at radius 2 is 1.97 bits per heavy atom. The molecule has 6 nitrogen and oxygen atoms in total. The van der Waals surface area contributed by atoms with E-state index in [4.69, 9.17) is 10.00 Å². The number of aliphatic hydroxyl groups is 1. The summed E-state index contributed by atoms with van der Waals surface area (Å²) in [5.41, 5.74) is 1.30. The number of rotatable bonds is 7. The lowest BCUT2D eigenvalue weighted by atomic mass is 9.99. The van der Waals surface area contributed by atoms with E-state index >= 15 is 0 Å². The van der Waals surface area contributed by atoms with Crippen molar-refractivity contribution in [2.24, 2.45) is 11.8 Å². The molecule has 1 saturated heterocycles. The van der Waals surface area contributed by atoms with Crippen LogP contribution in [0.2, 0.25) is 0 Å². The largest absolute Gasteiger partial charge is 0.493 e. The minimum absolute atomic E-state index is 0.278. The molecule has 2 aromatic rings. The fraction of sp³-hybridized carbons (Fsp3) is 0.409. The standard InChI is InChI=1S/C22H26N2O4S/c1-16-12-24(14-22(25)18-5-3-4-17(10-18)11-23)13-19(16)15-28-20-6-8-21(9-7-20)29(2,26)27/h3-10,16,19,22,25H,12-15H2,1-2H3. The quantitative estimate of drug-likeness (QED) is 0.749. The molecule has 3 atom stereocenters. The Bertz CT molecular complexity index is 983. The molecular weight excluding hydrogens is 388 g/mol. The van der Waals surface area contributed by atoms with Gasteiger partial charge in [-0.1, -0.05) is 19.1 Å². The van der Waals surface area contributed by atoms with Crippen LogP contribution in [-0.4, -0.2) is 50.9 Å². The highest BCUT2D eigenvalue weighted by atomic mass is 32.2. The fourth-order valence-electron chi connectivity index (χ4n) is 3.66. The summed E-state index contributed by atoms with van der Waals surface area (Å²) < 4.78 is 28.9. The Kier molecular flexibility index (Phi) is 6.58. The van der Waals surface area contributed by atoms with E-state index in [-0.39, 0.29) is 4.90 Å². The van der Waals surface area contributed by atoms with Gasteiger partial charge in [-0.15, -0.1) is 0 Å². The van der Waals surface area contributed by atoms with Gasteiger partial charge in [0.15, 0.2) is 9.84 Å². The number of hydrogen-bond acceptors (Lipinski definition) is 6. The van der Waals surface area contributed by atoms with Gasteiger partial charge < -0.3 is 9.84 Å². The van der Waals surface area contributed by atoms with Gasteiger partial charge >= 0.3 is 0 Å². The molecule has 1 aliphatic heterocycles. The third-order valence-electron chi connectivity index (χ3n) is 5.39. The predicted octanol–water partition coefficient (Wildman–Crippen LogP) is 2.64. The second-order valence-corrected chi connectivity index (χ2v) is 9.78. The molecule has 0 aromatic heterocycles. The molecule has 1 N–H and O–H groups in total. The number of β-amino-alcohol motifs (C(OH)–C–C–N with tert-alkyl or cyclic N) is 1. The van der Waals surface area contributed by atoms with Crippen LogP contribution in [-0.2, 0) is 9.84 Å². The Morgan fingerprint density at radius 3 is 2.62 bits per heavy atom. The Hall–Kier alpha value is -2.40. The van der Waals surface area contributed by atoms with Crippen molar-refractivity contribution in [3.63, 3.8) is 0 Å². The van der Waals surface area contributed by atoms with E-state index in [1.165, 1.54) is 6.26 Å². The number of nitriles is 1. The SMILES string of the molecule is CC1CN(CC(O)c2cccc(C#N)c2)CC1COc1ccc(S(C)(=O)=O)cc1. The van der Waals surface area contributed by atoms with Crippen molar-refractivity contribution in [3.05, 3.63) is 59.7 Å². The van der Waals surface area contributed by atoms with E-state index in [2.05, 4.69) is 17.9 Å². The minimum Gasteiger partial charge on any atom is -0.493 e. The first kappa shape index (κ1) is 21.3.